The fraction of sp³-hybridized carbons (Fsp3) is 0.556. The Morgan fingerprint density at radius 1 is 1.24 bits per heavy atom. The molecular weight excluding hydrogens is 423 g/mol. The van der Waals surface area contributed by atoms with E-state index in [0.29, 0.717) is 13.1 Å². The van der Waals surface area contributed by atoms with Gasteiger partial charge in [-0.3, -0.25) is 14.5 Å². The number of benzene rings is 1. The lowest BCUT2D eigenvalue weighted by Gasteiger charge is -2.47. The lowest BCUT2D eigenvalue weighted by molar-refractivity contribution is -0.139. The van der Waals surface area contributed by atoms with E-state index >= 15 is 0 Å². The number of carbonyl (C=O) groups excluding carboxylic acids is 2. The van der Waals surface area contributed by atoms with E-state index in [0.717, 1.165) is 44.1 Å². The minimum atomic E-state index is -3.87. The van der Waals surface area contributed by atoms with Crippen LogP contribution < -0.4 is 10.5 Å². The number of likely N-dealkylation sites (tertiary alicyclic amines) is 2. The molecule has 0 aliphatic carbocycles. The van der Waals surface area contributed by atoms with E-state index in [-0.39, 0.29) is 46.7 Å². The molecule has 8 nitrogen and oxygen atoms in total. The van der Waals surface area contributed by atoms with Gasteiger partial charge in [0.15, 0.2) is 0 Å². The van der Waals surface area contributed by atoms with Crippen molar-refractivity contribution < 1.29 is 22.4 Å². The molecule has 11 heteroatoms. The number of hydrogen-bond donors (Lipinski definition) is 2. The predicted octanol–water partition coefficient (Wildman–Crippen LogP) is 0.556. The average Bonchev–Trinajstić information content (AvgIpc) is 2.63. The molecule has 2 heterocycles. The maximum atomic E-state index is 13.2. The molecule has 0 bridgehead atoms. The number of primary amides is 1. The van der Waals surface area contributed by atoms with Gasteiger partial charge >= 0.3 is 0 Å². The Morgan fingerprint density at radius 3 is 2.48 bits per heavy atom. The molecular formula is C18H24ClFN4O4S. The molecule has 3 rings (SSSR count). The van der Waals surface area contributed by atoms with Crippen LogP contribution in [0.15, 0.2) is 23.1 Å². The summed E-state index contributed by atoms with van der Waals surface area (Å²) in [6, 6.07) is 3.40. The molecule has 0 spiro atoms. The fourth-order valence-corrected chi connectivity index (χ4v) is 4.92. The van der Waals surface area contributed by atoms with Gasteiger partial charge in [-0.05, 0) is 44.1 Å². The van der Waals surface area contributed by atoms with Crippen molar-refractivity contribution in [2.45, 2.75) is 30.2 Å². The van der Waals surface area contributed by atoms with Crippen molar-refractivity contribution in [2.24, 2.45) is 11.7 Å². The normalized spacial score (nSPS) is 19.2. The summed E-state index contributed by atoms with van der Waals surface area (Å²) in [5.41, 5.74) is 5.34. The lowest BCUT2D eigenvalue weighted by Crippen LogP contribution is -2.62. The first-order valence-corrected chi connectivity index (χ1v) is 11.3. The fourth-order valence-electron chi connectivity index (χ4n) is 3.62. The number of sulfonamides is 1. The van der Waals surface area contributed by atoms with Crippen LogP contribution in [0.4, 0.5) is 4.39 Å². The number of amides is 2. The molecule has 29 heavy (non-hydrogen) atoms. The van der Waals surface area contributed by atoms with Crippen LogP contribution in [-0.2, 0) is 19.6 Å². The molecule has 0 atom stereocenters. The van der Waals surface area contributed by atoms with E-state index in [4.69, 9.17) is 17.3 Å². The summed E-state index contributed by atoms with van der Waals surface area (Å²) >= 11 is 5.62. The second kappa shape index (κ2) is 8.95. The molecule has 0 radical (unpaired) electrons. The van der Waals surface area contributed by atoms with Crippen LogP contribution >= 0.6 is 11.6 Å². The van der Waals surface area contributed by atoms with Crippen molar-refractivity contribution in [3.63, 3.8) is 0 Å². The first-order chi connectivity index (χ1) is 13.7. The van der Waals surface area contributed by atoms with Crippen molar-refractivity contribution in [3.8, 4) is 0 Å². The maximum Gasteiger partial charge on any atom is 0.240 e. The second-order valence-corrected chi connectivity index (χ2v) is 9.56. The number of rotatable bonds is 7. The van der Waals surface area contributed by atoms with Gasteiger partial charge in [0.05, 0.1) is 9.92 Å². The molecule has 2 aliphatic rings. The van der Waals surface area contributed by atoms with Crippen LogP contribution in [0.25, 0.3) is 0 Å². The van der Waals surface area contributed by atoms with E-state index < -0.39 is 15.8 Å². The van der Waals surface area contributed by atoms with E-state index in [1.54, 1.807) is 4.90 Å². The topological polar surface area (TPSA) is 113 Å². The summed E-state index contributed by atoms with van der Waals surface area (Å²) in [5, 5.41) is -0.282. The van der Waals surface area contributed by atoms with Crippen molar-refractivity contribution in [3.05, 3.63) is 29.0 Å². The zero-order chi connectivity index (χ0) is 21.2. The van der Waals surface area contributed by atoms with E-state index in [1.165, 1.54) is 0 Å². The van der Waals surface area contributed by atoms with Gasteiger partial charge in [-0.15, -0.1) is 0 Å². The molecule has 0 unspecified atom stereocenters. The molecule has 0 saturated carbocycles. The first kappa shape index (κ1) is 21.9. The third-order valence-corrected chi connectivity index (χ3v) is 7.24. The molecule has 1 aromatic carbocycles. The summed E-state index contributed by atoms with van der Waals surface area (Å²) in [5.74, 6) is -1.14. The summed E-state index contributed by atoms with van der Waals surface area (Å²) in [6.45, 7) is 2.72. The summed E-state index contributed by atoms with van der Waals surface area (Å²) < 4.78 is 39.9. The minimum absolute atomic E-state index is 0.0324. The summed E-state index contributed by atoms with van der Waals surface area (Å²) in [4.78, 5) is 27.3. The van der Waals surface area contributed by atoms with Gasteiger partial charge in [0.1, 0.15) is 5.82 Å². The average molecular weight is 447 g/mol. The van der Waals surface area contributed by atoms with Crippen LogP contribution in [0.2, 0.25) is 5.02 Å². The number of nitrogens with two attached hydrogens (primary N) is 1. The monoisotopic (exact) mass is 446 g/mol. The highest BCUT2D eigenvalue weighted by atomic mass is 35.5. The quantitative estimate of drug-likeness (QED) is 0.635. The molecule has 2 saturated heterocycles. The molecule has 160 valence electrons. The zero-order valence-electron chi connectivity index (χ0n) is 15.8. The highest BCUT2D eigenvalue weighted by Crippen LogP contribution is 2.23. The van der Waals surface area contributed by atoms with Crippen LogP contribution in [0, 0.1) is 11.7 Å². The Morgan fingerprint density at radius 2 is 1.90 bits per heavy atom. The molecule has 2 fully saturated rings. The first-order valence-electron chi connectivity index (χ1n) is 9.43. The van der Waals surface area contributed by atoms with Crippen LogP contribution in [0.5, 0.6) is 0 Å². The van der Waals surface area contributed by atoms with Gasteiger partial charge in [0.25, 0.3) is 0 Å². The Balaban J connectivity index is 1.40. The highest BCUT2D eigenvalue weighted by Gasteiger charge is 2.36. The number of nitrogens with zero attached hydrogens (tertiary/aromatic N) is 2. The van der Waals surface area contributed by atoms with Crippen molar-refractivity contribution in [1.82, 2.24) is 14.5 Å². The SMILES string of the molecule is NC(=O)C1CCN(C2CN(C(=O)CCNS(=O)(=O)c3ccc(F)c(Cl)c3)C2)CC1. The lowest BCUT2D eigenvalue weighted by atomic mass is 9.93. The van der Waals surface area contributed by atoms with Crippen molar-refractivity contribution >= 4 is 33.4 Å². The zero-order valence-corrected chi connectivity index (χ0v) is 17.4. The van der Waals surface area contributed by atoms with Gasteiger partial charge in [0.2, 0.25) is 21.8 Å². The van der Waals surface area contributed by atoms with E-state index in [2.05, 4.69) is 9.62 Å². The predicted molar refractivity (Wildman–Crippen MR) is 105 cm³/mol. The minimum Gasteiger partial charge on any atom is -0.369 e. The number of halogens is 2. The molecule has 3 N–H and O–H groups in total. The van der Waals surface area contributed by atoms with Crippen LogP contribution in [-0.4, -0.2) is 68.8 Å². The molecule has 2 amide bonds. The Labute approximate surface area is 174 Å². The van der Waals surface area contributed by atoms with Gasteiger partial charge < -0.3 is 10.6 Å². The van der Waals surface area contributed by atoms with E-state index in [1.807, 2.05) is 0 Å². The Kier molecular flexibility index (Phi) is 6.77. The van der Waals surface area contributed by atoms with E-state index in [9.17, 15) is 22.4 Å². The Bertz CT molecular complexity index is 884. The third-order valence-electron chi connectivity index (χ3n) is 5.50. The second-order valence-electron chi connectivity index (χ2n) is 7.39. The van der Waals surface area contributed by atoms with Gasteiger partial charge in [-0.1, -0.05) is 11.6 Å². The summed E-state index contributed by atoms with van der Waals surface area (Å²) in [7, 11) is -3.87. The van der Waals surface area contributed by atoms with Crippen LogP contribution in [0.1, 0.15) is 19.3 Å². The molecule has 1 aromatic rings. The van der Waals surface area contributed by atoms with Gasteiger partial charge in [-0.2, -0.15) is 0 Å². The van der Waals surface area contributed by atoms with Crippen molar-refractivity contribution in [2.75, 3.05) is 32.7 Å². The van der Waals surface area contributed by atoms with Gasteiger partial charge in [0, 0.05) is 38.0 Å². The maximum absolute atomic E-state index is 13.2. The number of nitrogens with one attached hydrogen (secondary N) is 1. The number of piperidine rings is 1. The highest BCUT2D eigenvalue weighted by molar-refractivity contribution is 7.89. The van der Waals surface area contributed by atoms with Gasteiger partial charge in [-0.25, -0.2) is 17.5 Å². The molecule has 2 aliphatic heterocycles. The summed E-state index contributed by atoms with van der Waals surface area (Å²) in [6.07, 6.45) is 1.52. The van der Waals surface area contributed by atoms with Crippen molar-refractivity contribution in [1.29, 1.82) is 0 Å². The molecule has 0 aromatic heterocycles. The largest absolute Gasteiger partial charge is 0.369 e. The number of carbonyl (C=O) groups is 2. The van der Waals surface area contributed by atoms with Crippen LogP contribution in [0.3, 0.4) is 0 Å². The Hall–Kier alpha value is -1.75. The standard InChI is InChI=1S/C18H24ClFN4O4S/c19-15-9-14(1-2-16(15)20)29(27,28)22-6-3-17(25)24-10-13(11-24)23-7-4-12(5-8-23)18(21)26/h1-2,9,12-13,22H,3-8,10-11H2,(H2,21,26). The smallest absolute Gasteiger partial charge is 0.240 e. The number of hydrogen-bond acceptors (Lipinski definition) is 5. The third kappa shape index (κ3) is 5.25.